The Kier molecular flexibility index (Phi) is 7.59. The van der Waals surface area contributed by atoms with Crippen LogP contribution in [0.4, 0.5) is 5.82 Å². The molecule has 0 aromatic carbocycles. The molecule has 0 saturated heterocycles. The Hall–Kier alpha value is -1.95. The van der Waals surface area contributed by atoms with Gasteiger partial charge in [0.25, 0.3) is 0 Å². The summed E-state index contributed by atoms with van der Waals surface area (Å²) < 4.78 is 0.992. The van der Waals surface area contributed by atoms with Crippen molar-refractivity contribution in [3.8, 4) is 11.8 Å². The van der Waals surface area contributed by atoms with E-state index in [2.05, 4.69) is 56.0 Å². The van der Waals surface area contributed by atoms with Gasteiger partial charge >= 0.3 is 0 Å². The first kappa shape index (κ1) is 22.3. The van der Waals surface area contributed by atoms with Crippen molar-refractivity contribution in [2.45, 2.75) is 44.2 Å². The molecule has 3 aromatic rings. The maximum atomic E-state index is 9.10. The van der Waals surface area contributed by atoms with Crippen molar-refractivity contribution in [3.05, 3.63) is 50.3 Å². The van der Waals surface area contributed by atoms with Crippen LogP contribution in [0.25, 0.3) is 10.2 Å². The zero-order valence-corrected chi connectivity index (χ0v) is 19.7. The predicted octanol–water partition coefficient (Wildman–Crippen LogP) is 5.16. The van der Waals surface area contributed by atoms with E-state index in [9.17, 15) is 0 Å². The van der Waals surface area contributed by atoms with Crippen LogP contribution in [0.5, 0.6) is 0 Å². The number of nitrogens with zero attached hydrogens (tertiary/aromatic N) is 2. The molecule has 162 valence electrons. The van der Waals surface area contributed by atoms with E-state index in [1.807, 2.05) is 13.1 Å². The Morgan fingerprint density at radius 2 is 2.16 bits per heavy atom. The van der Waals surface area contributed by atoms with Crippen LogP contribution in [-0.2, 0) is 6.54 Å². The number of likely N-dealkylation sites (N-methyl/N-ethyl adjacent to an activating group) is 1. The van der Waals surface area contributed by atoms with Crippen LogP contribution in [0.15, 0.2) is 29.7 Å². The summed E-state index contributed by atoms with van der Waals surface area (Å²) in [5.41, 5.74) is 1.76. The lowest BCUT2D eigenvalue weighted by Crippen LogP contribution is -2.33. The molecule has 0 fully saturated rings. The zero-order chi connectivity index (χ0) is 21.6. The number of aromatic nitrogens is 2. The molecule has 0 saturated carbocycles. The fourth-order valence-corrected chi connectivity index (χ4v) is 5.95. The lowest BCUT2D eigenvalue weighted by molar-refractivity contribution is 0.290. The highest BCUT2D eigenvalue weighted by atomic mass is 35.5. The number of fused-ring (bicyclic) bond motifs is 1. The van der Waals surface area contributed by atoms with Gasteiger partial charge in [-0.05, 0) is 49.4 Å². The minimum atomic E-state index is 0.145. The Bertz CT molecular complexity index is 1110. The number of hydrogen-bond acceptors (Lipinski definition) is 7. The standard InChI is InChI=1S/C23H25ClN4OS2/c1-25-18-11-5-4-9-16(18)20-17(10-3-2-6-12-29)19-21(31-20)22(28-23(24)27-19)26-14-15-8-7-13-30-15/h4-5,7-8,13,16,18,25,29H,2,6,9,11-12,14H2,1H3,(H,26,27,28)/t16-,18-/m1/s1. The average Bonchev–Trinajstić information content (AvgIpc) is 3.43. The molecule has 3 N–H and O–H groups in total. The molecule has 31 heavy (non-hydrogen) atoms. The molecule has 0 bridgehead atoms. The van der Waals surface area contributed by atoms with Crippen molar-refractivity contribution in [1.29, 1.82) is 0 Å². The summed E-state index contributed by atoms with van der Waals surface area (Å²) >= 11 is 9.76. The van der Waals surface area contributed by atoms with Gasteiger partial charge in [-0.15, -0.1) is 22.7 Å². The number of aliphatic hydroxyl groups is 1. The molecule has 3 heterocycles. The zero-order valence-electron chi connectivity index (χ0n) is 17.3. The lowest BCUT2D eigenvalue weighted by Gasteiger charge is -2.27. The highest BCUT2D eigenvalue weighted by Crippen LogP contribution is 2.42. The Morgan fingerprint density at radius 1 is 1.29 bits per heavy atom. The van der Waals surface area contributed by atoms with Crippen LogP contribution in [0, 0.1) is 11.8 Å². The van der Waals surface area contributed by atoms with Gasteiger partial charge < -0.3 is 15.7 Å². The van der Waals surface area contributed by atoms with Crippen LogP contribution in [-0.4, -0.2) is 34.8 Å². The third-order valence-corrected chi connectivity index (χ3v) is 7.72. The number of aliphatic hydroxyl groups excluding tert-OH is 1. The van der Waals surface area contributed by atoms with Gasteiger partial charge in [-0.2, -0.15) is 4.98 Å². The fraction of sp³-hybridized carbons (Fsp3) is 0.391. The van der Waals surface area contributed by atoms with E-state index in [0.29, 0.717) is 31.3 Å². The van der Waals surface area contributed by atoms with Gasteiger partial charge in [-0.25, -0.2) is 4.98 Å². The molecule has 8 heteroatoms. The number of hydrogen-bond donors (Lipinski definition) is 3. The van der Waals surface area contributed by atoms with Crippen LogP contribution in [0.3, 0.4) is 0 Å². The number of unbranched alkanes of at least 4 members (excludes halogenated alkanes) is 1. The third-order valence-electron chi connectivity index (χ3n) is 5.36. The molecule has 4 rings (SSSR count). The summed E-state index contributed by atoms with van der Waals surface area (Å²) in [7, 11) is 2.02. The Morgan fingerprint density at radius 3 is 2.94 bits per heavy atom. The quantitative estimate of drug-likeness (QED) is 0.192. The van der Waals surface area contributed by atoms with Crippen molar-refractivity contribution in [2.75, 3.05) is 19.0 Å². The average molecular weight is 473 g/mol. The molecule has 0 unspecified atom stereocenters. The van der Waals surface area contributed by atoms with E-state index < -0.39 is 0 Å². The van der Waals surface area contributed by atoms with Crippen molar-refractivity contribution in [1.82, 2.24) is 15.3 Å². The van der Waals surface area contributed by atoms with Gasteiger partial charge in [0, 0.05) is 34.7 Å². The van der Waals surface area contributed by atoms with E-state index in [0.717, 1.165) is 34.4 Å². The minimum absolute atomic E-state index is 0.145. The lowest BCUT2D eigenvalue weighted by atomic mass is 9.86. The summed E-state index contributed by atoms with van der Waals surface area (Å²) in [6.45, 7) is 0.835. The monoisotopic (exact) mass is 472 g/mol. The van der Waals surface area contributed by atoms with Crippen molar-refractivity contribution < 1.29 is 5.11 Å². The molecule has 0 spiro atoms. The molecule has 2 atom stereocenters. The SMILES string of the molecule is CN[C@@H]1CC=CC[C@H]1c1sc2c(NCc3cccs3)nc(Cl)nc2c1C#CCCCO. The van der Waals surface area contributed by atoms with E-state index in [1.165, 1.54) is 9.75 Å². The normalized spacial score (nSPS) is 18.2. The van der Waals surface area contributed by atoms with Gasteiger partial charge in [0.15, 0.2) is 0 Å². The molecule has 0 radical (unpaired) electrons. The Balaban J connectivity index is 1.79. The van der Waals surface area contributed by atoms with Crippen LogP contribution < -0.4 is 10.6 Å². The van der Waals surface area contributed by atoms with Crippen molar-refractivity contribution in [2.24, 2.45) is 0 Å². The number of halogens is 1. The molecule has 1 aliphatic rings. The van der Waals surface area contributed by atoms with Gasteiger partial charge in [-0.3, -0.25) is 0 Å². The summed E-state index contributed by atoms with van der Waals surface area (Å²) in [5.74, 6) is 7.66. The molecule has 5 nitrogen and oxygen atoms in total. The molecule has 0 aliphatic heterocycles. The van der Waals surface area contributed by atoms with Crippen LogP contribution in [0.2, 0.25) is 5.28 Å². The van der Waals surface area contributed by atoms with Crippen molar-refractivity contribution >= 4 is 50.3 Å². The van der Waals surface area contributed by atoms with Gasteiger partial charge in [-0.1, -0.05) is 30.1 Å². The second-order valence-electron chi connectivity index (χ2n) is 7.37. The second-order valence-corrected chi connectivity index (χ2v) is 9.79. The van der Waals surface area contributed by atoms with E-state index in [-0.39, 0.29) is 11.9 Å². The fourth-order valence-electron chi connectivity index (χ4n) is 3.79. The highest BCUT2D eigenvalue weighted by molar-refractivity contribution is 7.20. The summed E-state index contributed by atoms with van der Waals surface area (Å²) in [5, 5.41) is 18.3. The predicted molar refractivity (Wildman–Crippen MR) is 131 cm³/mol. The molecular formula is C23H25ClN4OS2. The Labute approximate surface area is 195 Å². The molecule has 1 aliphatic carbocycles. The van der Waals surface area contributed by atoms with Crippen LogP contribution in [0.1, 0.15) is 46.9 Å². The first-order chi connectivity index (χ1) is 15.2. The third kappa shape index (κ3) is 5.11. The number of rotatable bonds is 7. The first-order valence-corrected chi connectivity index (χ1v) is 12.5. The number of allylic oxidation sites excluding steroid dienone is 1. The van der Waals surface area contributed by atoms with E-state index >= 15 is 0 Å². The summed E-state index contributed by atoms with van der Waals surface area (Å²) in [4.78, 5) is 11.5. The highest BCUT2D eigenvalue weighted by Gasteiger charge is 2.29. The van der Waals surface area contributed by atoms with Crippen molar-refractivity contribution in [3.63, 3.8) is 0 Å². The molecule has 3 aromatic heterocycles. The summed E-state index contributed by atoms with van der Waals surface area (Å²) in [6.07, 6.45) is 7.75. The maximum Gasteiger partial charge on any atom is 0.225 e. The number of thiophene rings is 2. The van der Waals surface area contributed by atoms with E-state index in [1.54, 1.807) is 22.7 Å². The van der Waals surface area contributed by atoms with E-state index in [4.69, 9.17) is 16.7 Å². The largest absolute Gasteiger partial charge is 0.396 e. The number of nitrogens with one attached hydrogen (secondary N) is 2. The van der Waals surface area contributed by atoms with Crippen LogP contribution >= 0.6 is 34.3 Å². The first-order valence-electron chi connectivity index (χ1n) is 10.4. The molecule has 0 amide bonds. The maximum absolute atomic E-state index is 9.10. The van der Waals surface area contributed by atoms with Gasteiger partial charge in [0.05, 0.1) is 16.8 Å². The minimum Gasteiger partial charge on any atom is -0.396 e. The van der Waals surface area contributed by atoms with Gasteiger partial charge in [0.2, 0.25) is 5.28 Å². The number of anilines is 1. The van der Waals surface area contributed by atoms with Gasteiger partial charge in [0.1, 0.15) is 11.3 Å². The summed E-state index contributed by atoms with van der Waals surface area (Å²) in [6, 6.07) is 4.49. The molecular weight excluding hydrogens is 448 g/mol. The second kappa shape index (κ2) is 10.6. The smallest absolute Gasteiger partial charge is 0.225 e. The topological polar surface area (TPSA) is 70.1 Å².